The normalized spacial score (nSPS) is 18.6. The summed E-state index contributed by atoms with van der Waals surface area (Å²) < 4.78 is 52.1. The van der Waals surface area contributed by atoms with Gasteiger partial charge in [-0.2, -0.15) is 0 Å². The largest absolute Gasteiger partial charge is 0.376 e. The van der Waals surface area contributed by atoms with E-state index < -0.39 is 23.3 Å². The molecule has 0 amide bonds. The number of fused-ring (bicyclic) bond motifs is 1. The minimum absolute atomic E-state index is 0.253. The van der Waals surface area contributed by atoms with E-state index in [9.17, 15) is 17.6 Å². The third-order valence-corrected chi connectivity index (χ3v) is 2.23. The van der Waals surface area contributed by atoms with Gasteiger partial charge in [0.15, 0.2) is 23.3 Å². The predicted molar refractivity (Wildman–Crippen MR) is 48.4 cm³/mol. The van der Waals surface area contributed by atoms with Crippen molar-refractivity contribution in [2.75, 3.05) is 5.32 Å². The highest BCUT2D eigenvalue weighted by Crippen LogP contribution is 2.32. The fraction of sp³-hybridized carbons (Fsp3) is 0.200. The van der Waals surface area contributed by atoms with E-state index in [0.29, 0.717) is 0 Å². The lowest BCUT2D eigenvalue weighted by Crippen LogP contribution is -2.19. The van der Waals surface area contributed by atoms with Crippen LogP contribution in [0.2, 0.25) is 0 Å². The van der Waals surface area contributed by atoms with Crippen molar-refractivity contribution in [3.8, 4) is 0 Å². The highest BCUT2D eigenvalue weighted by Gasteiger charge is 2.26. The fourth-order valence-electron chi connectivity index (χ4n) is 1.46. The monoisotopic (exact) mass is 217 g/mol. The van der Waals surface area contributed by atoms with Crippen LogP contribution in [0.5, 0.6) is 0 Å². The number of nitrogens with one attached hydrogen (secondary N) is 1. The van der Waals surface area contributed by atoms with Crippen LogP contribution in [-0.4, -0.2) is 6.04 Å². The second kappa shape index (κ2) is 3.25. The Morgan fingerprint density at radius 2 is 1.60 bits per heavy atom. The van der Waals surface area contributed by atoms with Crippen molar-refractivity contribution in [2.45, 2.75) is 13.0 Å². The number of rotatable bonds is 0. The second-order valence-corrected chi connectivity index (χ2v) is 3.34. The van der Waals surface area contributed by atoms with Gasteiger partial charge in [-0.1, -0.05) is 12.2 Å². The van der Waals surface area contributed by atoms with E-state index in [1.807, 2.05) is 0 Å². The number of hydrogen-bond donors (Lipinski definition) is 1. The van der Waals surface area contributed by atoms with Crippen molar-refractivity contribution in [1.82, 2.24) is 0 Å². The van der Waals surface area contributed by atoms with Crippen molar-refractivity contribution < 1.29 is 17.6 Å². The van der Waals surface area contributed by atoms with Crippen LogP contribution in [0, 0.1) is 23.3 Å². The Hall–Kier alpha value is -1.52. The number of benzene rings is 1. The highest BCUT2D eigenvalue weighted by atomic mass is 19.2. The van der Waals surface area contributed by atoms with Crippen molar-refractivity contribution in [3.63, 3.8) is 0 Å². The third kappa shape index (κ3) is 1.38. The van der Waals surface area contributed by atoms with E-state index in [2.05, 4.69) is 5.32 Å². The van der Waals surface area contributed by atoms with Gasteiger partial charge in [0.2, 0.25) is 0 Å². The molecular weight excluding hydrogens is 210 g/mol. The minimum atomic E-state index is -1.79. The summed E-state index contributed by atoms with van der Waals surface area (Å²) >= 11 is 0. The summed E-state index contributed by atoms with van der Waals surface area (Å²) in [5.41, 5.74) is -0.620. The molecule has 1 nitrogen and oxygen atoms in total. The Morgan fingerprint density at radius 1 is 1.00 bits per heavy atom. The third-order valence-electron chi connectivity index (χ3n) is 2.23. The maximum atomic E-state index is 13.2. The first-order valence-electron chi connectivity index (χ1n) is 4.33. The Bertz CT molecular complexity index is 453. The molecule has 0 aromatic heterocycles. The number of anilines is 1. The zero-order valence-corrected chi connectivity index (χ0v) is 7.74. The fourth-order valence-corrected chi connectivity index (χ4v) is 1.46. The van der Waals surface area contributed by atoms with E-state index >= 15 is 0 Å². The molecule has 1 aromatic carbocycles. The minimum Gasteiger partial charge on any atom is -0.376 e. The van der Waals surface area contributed by atoms with E-state index in [1.165, 1.54) is 12.2 Å². The maximum absolute atomic E-state index is 13.2. The molecule has 15 heavy (non-hydrogen) atoms. The highest BCUT2D eigenvalue weighted by molar-refractivity contribution is 5.72. The molecule has 2 rings (SSSR count). The summed E-state index contributed by atoms with van der Waals surface area (Å²) in [5, 5.41) is 2.53. The topological polar surface area (TPSA) is 12.0 Å². The van der Waals surface area contributed by atoms with E-state index in [0.717, 1.165) is 0 Å². The van der Waals surface area contributed by atoms with E-state index in [1.54, 1.807) is 6.92 Å². The molecule has 0 radical (unpaired) electrons. The molecule has 1 aliphatic rings. The number of hydrogen-bond acceptors (Lipinski definition) is 1. The molecular formula is C10H7F4N. The van der Waals surface area contributed by atoms with Gasteiger partial charge in [0.1, 0.15) is 0 Å². The predicted octanol–water partition coefficient (Wildman–Crippen LogP) is 3.07. The summed E-state index contributed by atoms with van der Waals surface area (Å²) in [6.45, 7) is 1.68. The summed E-state index contributed by atoms with van der Waals surface area (Å²) in [4.78, 5) is 0. The summed E-state index contributed by atoms with van der Waals surface area (Å²) in [6, 6.07) is -0.253. The van der Waals surface area contributed by atoms with Crippen molar-refractivity contribution in [2.24, 2.45) is 0 Å². The molecule has 0 saturated carbocycles. The lowest BCUT2D eigenvalue weighted by atomic mass is 10.0. The molecule has 1 heterocycles. The molecule has 0 bridgehead atoms. The van der Waals surface area contributed by atoms with Gasteiger partial charge in [0.25, 0.3) is 0 Å². The standard InChI is InChI=1S/C10H7F4N/c1-4-2-3-5-6(11)7(12)8(13)9(14)10(5)15-4/h2-4,15H,1H3. The Balaban J connectivity index is 2.74. The summed E-state index contributed by atoms with van der Waals surface area (Å²) in [7, 11) is 0. The van der Waals surface area contributed by atoms with Gasteiger partial charge in [-0.05, 0) is 6.92 Å². The van der Waals surface area contributed by atoms with Gasteiger partial charge in [-0.15, -0.1) is 0 Å². The van der Waals surface area contributed by atoms with Crippen LogP contribution in [-0.2, 0) is 0 Å². The molecule has 5 heteroatoms. The second-order valence-electron chi connectivity index (χ2n) is 3.34. The molecule has 0 saturated heterocycles. The first kappa shape index (κ1) is 10.0. The van der Waals surface area contributed by atoms with Gasteiger partial charge in [-0.3, -0.25) is 0 Å². The Morgan fingerprint density at radius 3 is 2.27 bits per heavy atom. The first-order valence-corrected chi connectivity index (χ1v) is 4.33. The lowest BCUT2D eigenvalue weighted by molar-refractivity contribution is 0.409. The molecule has 1 aliphatic heterocycles. The molecule has 0 fully saturated rings. The Kier molecular flexibility index (Phi) is 2.17. The molecule has 1 N–H and O–H groups in total. The van der Waals surface area contributed by atoms with Crippen LogP contribution in [0.1, 0.15) is 12.5 Å². The molecule has 1 unspecified atom stereocenters. The zero-order valence-electron chi connectivity index (χ0n) is 7.74. The van der Waals surface area contributed by atoms with Crippen LogP contribution in [0.15, 0.2) is 6.08 Å². The lowest BCUT2D eigenvalue weighted by Gasteiger charge is -2.20. The van der Waals surface area contributed by atoms with Crippen molar-refractivity contribution in [3.05, 3.63) is 34.9 Å². The SMILES string of the molecule is CC1C=Cc2c(F)c(F)c(F)c(F)c2N1. The van der Waals surface area contributed by atoms with E-state index in [4.69, 9.17) is 0 Å². The first-order chi connectivity index (χ1) is 7.02. The van der Waals surface area contributed by atoms with Crippen molar-refractivity contribution in [1.29, 1.82) is 0 Å². The molecule has 0 spiro atoms. The van der Waals surface area contributed by atoms with Gasteiger partial charge in [0, 0.05) is 11.6 Å². The van der Waals surface area contributed by atoms with Gasteiger partial charge in [-0.25, -0.2) is 17.6 Å². The smallest absolute Gasteiger partial charge is 0.199 e. The van der Waals surface area contributed by atoms with Crippen LogP contribution in [0.25, 0.3) is 6.08 Å². The van der Waals surface area contributed by atoms with Gasteiger partial charge >= 0.3 is 0 Å². The van der Waals surface area contributed by atoms with Crippen LogP contribution < -0.4 is 5.32 Å². The maximum Gasteiger partial charge on any atom is 0.199 e. The van der Waals surface area contributed by atoms with Gasteiger partial charge in [0.05, 0.1) is 5.69 Å². The van der Waals surface area contributed by atoms with Crippen LogP contribution in [0.3, 0.4) is 0 Å². The summed E-state index contributed by atoms with van der Waals surface area (Å²) in [6.07, 6.45) is 2.76. The van der Waals surface area contributed by atoms with E-state index in [-0.39, 0.29) is 17.3 Å². The van der Waals surface area contributed by atoms with Crippen LogP contribution >= 0.6 is 0 Å². The zero-order chi connectivity index (χ0) is 11.2. The average molecular weight is 217 g/mol. The molecule has 80 valence electrons. The number of halogens is 4. The van der Waals surface area contributed by atoms with Crippen molar-refractivity contribution >= 4 is 11.8 Å². The molecule has 1 atom stereocenters. The Labute approximate surface area is 83.4 Å². The average Bonchev–Trinajstić information content (AvgIpc) is 2.23. The van der Waals surface area contributed by atoms with Gasteiger partial charge < -0.3 is 5.32 Å². The molecule has 0 aliphatic carbocycles. The van der Waals surface area contributed by atoms with Crippen LogP contribution in [0.4, 0.5) is 23.2 Å². The summed E-state index contributed by atoms with van der Waals surface area (Å²) in [5.74, 6) is -6.34. The molecule has 1 aromatic rings. The quantitative estimate of drug-likeness (QED) is 0.400.